The largest absolute Gasteiger partial charge is 0.481 e. The van der Waals surface area contributed by atoms with Crippen molar-refractivity contribution >= 4 is 21.8 Å². The monoisotopic (exact) mass is 258 g/mol. The standard InChI is InChI=1S/C10H10O6S/c11-9(12)6-8(10(13)14)17(15,16)7-4-2-1-3-5-7/h1-5,8H,6H2,(H,11,12)(H,13,14). The van der Waals surface area contributed by atoms with Crippen LogP contribution in [-0.2, 0) is 19.4 Å². The molecule has 0 aliphatic rings. The Bertz CT molecular complexity index is 519. The highest BCUT2D eigenvalue weighted by molar-refractivity contribution is 7.92. The van der Waals surface area contributed by atoms with E-state index in [-0.39, 0.29) is 4.90 Å². The second kappa shape index (κ2) is 4.96. The van der Waals surface area contributed by atoms with Crippen molar-refractivity contribution in [3.63, 3.8) is 0 Å². The third-order valence-corrected chi connectivity index (χ3v) is 4.13. The van der Waals surface area contributed by atoms with Gasteiger partial charge in [-0.05, 0) is 12.1 Å². The van der Waals surface area contributed by atoms with Gasteiger partial charge < -0.3 is 10.2 Å². The van der Waals surface area contributed by atoms with Gasteiger partial charge in [0.25, 0.3) is 0 Å². The Morgan fingerprint density at radius 1 is 1.12 bits per heavy atom. The third-order valence-electron chi connectivity index (χ3n) is 2.08. The first kappa shape index (κ1) is 13.2. The van der Waals surface area contributed by atoms with E-state index in [0.29, 0.717) is 0 Å². The van der Waals surface area contributed by atoms with E-state index >= 15 is 0 Å². The quantitative estimate of drug-likeness (QED) is 0.790. The minimum atomic E-state index is -4.18. The van der Waals surface area contributed by atoms with Gasteiger partial charge >= 0.3 is 11.9 Å². The van der Waals surface area contributed by atoms with E-state index in [4.69, 9.17) is 10.2 Å². The van der Waals surface area contributed by atoms with Crippen molar-refractivity contribution in [2.24, 2.45) is 0 Å². The number of carbonyl (C=O) groups is 2. The molecule has 0 radical (unpaired) electrons. The van der Waals surface area contributed by atoms with Gasteiger partial charge in [0, 0.05) is 0 Å². The van der Waals surface area contributed by atoms with E-state index < -0.39 is 33.4 Å². The summed E-state index contributed by atoms with van der Waals surface area (Å²) in [6.07, 6.45) is -0.966. The Morgan fingerprint density at radius 3 is 2.06 bits per heavy atom. The molecule has 7 heteroatoms. The first-order valence-electron chi connectivity index (χ1n) is 4.59. The van der Waals surface area contributed by atoms with Gasteiger partial charge in [-0.3, -0.25) is 9.59 Å². The smallest absolute Gasteiger partial charge is 0.322 e. The van der Waals surface area contributed by atoms with Crippen LogP contribution in [0.2, 0.25) is 0 Å². The van der Waals surface area contributed by atoms with Crippen LogP contribution in [0.4, 0.5) is 0 Å². The maximum absolute atomic E-state index is 11.9. The molecule has 0 fully saturated rings. The molecule has 0 spiro atoms. The molecule has 0 heterocycles. The maximum Gasteiger partial charge on any atom is 0.322 e. The fourth-order valence-electron chi connectivity index (χ4n) is 1.26. The Balaban J connectivity index is 3.19. The predicted molar refractivity (Wildman–Crippen MR) is 57.3 cm³/mol. The van der Waals surface area contributed by atoms with Gasteiger partial charge in [0.2, 0.25) is 0 Å². The Labute approximate surface area is 97.4 Å². The van der Waals surface area contributed by atoms with Crippen molar-refractivity contribution in [1.29, 1.82) is 0 Å². The average molecular weight is 258 g/mol. The summed E-state index contributed by atoms with van der Waals surface area (Å²) < 4.78 is 23.7. The van der Waals surface area contributed by atoms with Crippen LogP contribution in [0.3, 0.4) is 0 Å². The Morgan fingerprint density at radius 2 is 1.65 bits per heavy atom. The molecule has 2 N–H and O–H groups in total. The molecule has 0 aliphatic carbocycles. The lowest BCUT2D eigenvalue weighted by Crippen LogP contribution is -2.32. The fraction of sp³-hybridized carbons (Fsp3) is 0.200. The van der Waals surface area contributed by atoms with Gasteiger partial charge in [-0.1, -0.05) is 18.2 Å². The summed E-state index contributed by atoms with van der Waals surface area (Å²) in [6, 6.07) is 6.91. The maximum atomic E-state index is 11.9. The van der Waals surface area contributed by atoms with Crippen molar-refractivity contribution in [3.8, 4) is 0 Å². The minimum absolute atomic E-state index is 0.200. The highest BCUT2D eigenvalue weighted by Gasteiger charge is 2.35. The topological polar surface area (TPSA) is 109 Å². The summed E-state index contributed by atoms with van der Waals surface area (Å²) in [5.74, 6) is -3.15. The van der Waals surface area contributed by atoms with Crippen molar-refractivity contribution in [2.75, 3.05) is 0 Å². The zero-order valence-corrected chi connectivity index (χ0v) is 9.42. The number of rotatable bonds is 5. The van der Waals surface area contributed by atoms with E-state index in [0.717, 1.165) is 0 Å². The molecule has 1 aromatic rings. The van der Waals surface area contributed by atoms with Crippen LogP contribution < -0.4 is 0 Å². The third kappa shape index (κ3) is 3.04. The van der Waals surface area contributed by atoms with Crippen molar-refractivity contribution in [1.82, 2.24) is 0 Å². The normalized spacial score (nSPS) is 12.9. The number of hydrogen-bond acceptors (Lipinski definition) is 4. The number of aliphatic carboxylic acids is 2. The summed E-state index contributed by atoms with van der Waals surface area (Å²) in [4.78, 5) is 21.1. The van der Waals surface area contributed by atoms with Crippen molar-refractivity contribution in [2.45, 2.75) is 16.6 Å². The highest BCUT2D eigenvalue weighted by atomic mass is 32.2. The zero-order chi connectivity index (χ0) is 13.1. The van der Waals surface area contributed by atoms with Crippen LogP contribution in [0.15, 0.2) is 35.2 Å². The number of carboxylic acid groups (broad SMARTS) is 2. The van der Waals surface area contributed by atoms with E-state index in [9.17, 15) is 18.0 Å². The van der Waals surface area contributed by atoms with Gasteiger partial charge in [0.15, 0.2) is 15.1 Å². The van der Waals surface area contributed by atoms with E-state index in [1.165, 1.54) is 24.3 Å². The molecular formula is C10H10O6S. The van der Waals surface area contributed by atoms with E-state index in [1.807, 2.05) is 0 Å². The first-order chi connectivity index (χ1) is 7.85. The molecular weight excluding hydrogens is 248 g/mol. The zero-order valence-electron chi connectivity index (χ0n) is 8.61. The summed E-state index contributed by atoms with van der Waals surface area (Å²) in [6.45, 7) is 0. The molecule has 0 saturated carbocycles. The molecule has 0 saturated heterocycles. The van der Waals surface area contributed by atoms with Gasteiger partial charge in [-0.15, -0.1) is 0 Å². The molecule has 6 nitrogen and oxygen atoms in total. The van der Waals surface area contributed by atoms with Crippen LogP contribution in [0.1, 0.15) is 6.42 Å². The first-order valence-corrected chi connectivity index (χ1v) is 6.14. The number of carboxylic acids is 2. The summed E-state index contributed by atoms with van der Waals surface area (Å²) in [5.41, 5.74) is 0. The molecule has 0 amide bonds. The Hall–Kier alpha value is -1.89. The van der Waals surface area contributed by atoms with Gasteiger partial charge in [-0.2, -0.15) is 0 Å². The predicted octanol–water partition coefficient (Wildman–Crippen LogP) is 0.388. The summed E-state index contributed by atoms with van der Waals surface area (Å²) in [7, 11) is -4.18. The van der Waals surface area contributed by atoms with Crippen LogP contribution in [-0.4, -0.2) is 35.8 Å². The summed E-state index contributed by atoms with van der Waals surface area (Å²) in [5, 5.41) is 15.3. The average Bonchev–Trinajstić information content (AvgIpc) is 2.26. The fourth-order valence-corrected chi connectivity index (χ4v) is 2.76. The van der Waals surface area contributed by atoms with Crippen molar-refractivity contribution < 1.29 is 28.2 Å². The number of hydrogen-bond donors (Lipinski definition) is 2. The lowest BCUT2D eigenvalue weighted by Gasteiger charge is -2.11. The number of benzene rings is 1. The van der Waals surface area contributed by atoms with E-state index in [1.54, 1.807) is 6.07 Å². The molecule has 1 unspecified atom stereocenters. The lowest BCUT2D eigenvalue weighted by atomic mass is 10.3. The van der Waals surface area contributed by atoms with Crippen LogP contribution >= 0.6 is 0 Å². The molecule has 0 aliphatic heterocycles. The highest BCUT2D eigenvalue weighted by Crippen LogP contribution is 2.18. The molecule has 1 aromatic carbocycles. The van der Waals surface area contributed by atoms with Crippen LogP contribution in [0.5, 0.6) is 0 Å². The van der Waals surface area contributed by atoms with Crippen LogP contribution in [0.25, 0.3) is 0 Å². The molecule has 92 valence electrons. The molecule has 0 aromatic heterocycles. The van der Waals surface area contributed by atoms with Gasteiger partial charge in [-0.25, -0.2) is 8.42 Å². The summed E-state index contributed by atoms with van der Waals surface area (Å²) >= 11 is 0. The van der Waals surface area contributed by atoms with Gasteiger partial charge in [0.05, 0.1) is 11.3 Å². The molecule has 1 atom stereocenters. The minimum Gasteiger partial charge on any atom is -0.481 e. The SMILES string of the molecule is O=C(O)CC(C(=O)O)S(=O)(=O)c1ccccc1. The van der Waals surface area contributed by atoms with Crippen molar-refractivity contribution in [3.05, 3.63) is 30.3 Å². The van der Waals surface area contributed by atoms with E-state index in [2.05, 4.69) is 0 Å². The number of sulfone groups is 1. The second-order valence-corrected chi connectivity index (χ2v) is 5.41. The second-order valence-electron chi connectivity index (χ2n) is 3.28. The van der Waals surface area contributed by atoms with Gasteiger partial charge in [0.1, 0.15) is 0 Å². The Kier molecular flexibility index (Phi) is 3.84. The van der Waals surface area contributed by atoms with Crippen LogP contribution in [0, 0.1) is 0 Å². The molecule has 17 heavy (non-hydrogen) atoms. The molecule has 1 rings (SSSR count). The molecule has 0 bridgehead atoms. The lowest BCUT2D eigenvalue weighted by molar-refractivity contribution is -0.143.